The van der Waals surface area contributed by atoms with Crippen LogP contribution in [0.5, 0.6) is 5.75 Å². The molecule has 0 saturated carbocycles. The SMILES string of the molecule is C[C@@H](C(=O)Nc1ccccc1OC(F)F)[NH+]1CCC(C(N)=O)CC1. The molecule has 1 aromatic rings. The number of carbonyl (C=O) groups is 2. The van der Waals surface area contributed by atoms with Crippen LogP contribution in [0.2, 0.25) is 0 Å². The molecule has 1 aromatic carbocycles. The molecular formula is C16H22F2N3O3+. The van der Waals surface area contributed by atoms with Gasteiger partial charge in [0.1, 0.15) is 5.75 Å². The number of nitrogens with two attached hydrogens (primary N) is 1. The summed E-state index contributed by atoms with van der Waals surface area (Å²) in [4.78, 5) is 24.6. The number of piperidine rings is 1. The van der Waals surface area contributed by atoms with Crippen molar-refractivity contribution in [3.63, 3.8) is 0 Å². The second-order valence-corrected chi connectivity index (χ2v) is 5.92. The molecule has 1 heterocycles. The first-order valence-corrected chi connectivity index (χ1v) is 7.87. The zero-order chi connectivity index (χ0) is 17.7. The van der Waals surface area contributed by atoms with Gasteiger partial charge in [-0.3, -0.25) is 9.59 Å². The van der Waals surface area contributed by atoms with Crippen LogP contribution in [-0.2, 0) is 9.59 Å². The van der Waals surface area contributed by atoms with E-state index in [2.05, 4.69) is 10.1 Å². The van der Waals surface area contributed by atoms with Crippen molar-refractivity contribution in [3.8, 4) is 5.75 Å². The number of carbonyl (C=O) groups excluding carboxylic acids is 2. The third-order valence-electron chi connectivity index (χ3n) is 4.40. The highest BCUT2D eigenvalue weighted by atomic mass is 19.3. The maximum absolute atomic E-state index is 12.4. The van der Waals surface area contributed by atoms with E-state index in [1.54, 1.807) is 19.1 Å². The minimum absolute atomic E-state index is 0.0736. The van der Waals surface area contributed by atoms with E-state index in [1.807, 2.05) is 0 Å². The maximum atomic E-state index is 12.4. The molecule has 1 atom stereocenters. The molecule has 6 nitrogen and oxygen atoms in total. The van der Waals surface area contributed by atoms with Crippen LogP contribution in [0.1, 0.15) is 19.8 Å². The van der Waals surface area contributed by atoms with E-state index in [-0.39, 0.29) is 35.2 Å². The monoisotopic (exact) mass is 342 g/mol. The Bertz CT molecular complexity index is 590. The Morgan fingerprint density at radius 1 is 1.29 bits per heavy atom. The number of alkyl halides is 2. The summed E-state index contributed by atoms with van der Waals surface area (Å²) in [6, 6.07) is 5.69. The molecule has 8 heteroatoms. The summed E-state index contributed by atoms with van der Waals surface area (Å²) in [5.41, 5.74) is 5.51. The second-order valence-electron chi connectivity index (χ2n) is 5.92. The van der Waals surface area contributed by atoms with Crippen LogP contribution in [0.25, 0.3) is 0 Å². The van der Waals surface area contributed by atoms with Gasteiger partial charge >= 0.3 is 6.61 Å². The van der Waals surface area contributed by atoms with Crippen LogP contribution in [0.15, 0.2) is 24.3 Å². The van der Waals surface area contributed by atoms with Crippen molar-refractivity contribution in [2.75, 3.05) is 18.4 Å². The lowest BCUT2D eigenvalue weighted by atomic mass is 9.95. The molecular weight excluding hydrogens is 320 g/mol. The molecule has 1 fully saturated rings. The highest BCUT2D eigenvalue weighted by Gasteiger charge is 2.32. The van der Waals surface area contributed by atoms with Crippen molar-refractivity contribution < 1.29 is 28.0 Å². The maximum Gasteiger partial charge on any atom is 0.387 e. The van der Waals surface area contributed by atoms with E-state index in [1.165, 1.54) is 12.1 Å². The van der Waals surface area contributed by atoms with Crippen molar-refractivity contribution in [1.29, 1.82) is 0 Å². The Morgan fingerprint density at radius 2 is 1.92 bits per heavy atom. The number of hydrogen-bond acceptors (Lipinski definition) is 3. The molecule has 1 saturated heterocycles. The topological polar surface area (TPSA) is 85.9 Å². The van der Waals surface area contributed by atoms with Gasteiger partial charge in [-0.15, -0.1) is 0 Å². The van der Waals surface area contributed by atoms with Crippen LogP contribution < -0.4 is 20.7 Å². The lowest BCUT2D eigenvalue weighted by Crippen LogP contribution is -3.17. The van der Waals surface area contributed by atoms with Crippen molar-refractivity contribution in [1.82, 2.24) is 0 Å². The summed E-state index contributed by atoms with van der Waals surface area (Å²) in [7, 11) is 0. The van der Waals surface area contributed by atoms with E-state index in [0.29, 0.717) is 25.9 Å². The quantitative estimate of drug-likeness (QED) is 0.699. The number of para-hydroxylation sites is 2. The summed E-state index contributed by atoms with van der Waals surface area (Å²) >= 11 is 0. The molecule has 1 aliphatic rings. The number of benzene rings is 1. The van der Waals surface area contributed by atoms with Gasteiger partial charge in [0, 0.05) is 18.8 Å². The highest BCUT2D eigenvalue weighted by Crippen LogP contribution is 2.25. The number of hydrogen-bond donors (Lipinski definition) is 3. The van der Waals surface area contributed by atoms with Crippen LogP contribution in [-0.4, -0.2) is 37.6 Å². The summed E-state index contributed by atoms with van der Waals surface area (Å²) in [5, 5.41) is 2.64. The average Bonchev–Trinajstić information content (AvgIpc) is 2.55. The van der Waals surface area contributed by atoms with E-state index in [4.69, 9.17) is 5.73 Å². The fraction of sp³-hybridized carbons (Fsp3) is 0.500. The van der Waals surface area contributed by atoms with Gasteiger partial charge in [-0.1, -0.05) is 12.1 Å². The van der Waals surface area contributed by atoms with Gasteiger partial charge in [-0.05, 0) is 19.1 Å². The molecule has 0 aromatic heterocycles. The van der Waals surface area contributed by atoms with Gasteiger partial charge in [-0.25, -0.2) is 0 Å². The first-order valence-electron chi connectivity index (χ1n) is 7.87. The van der Waals surface area contributed by atoms with E-state index < -0.39 is 6.61 Å². The van der Waals surface area contributed by atoms with Crippen molar-refractivity contribution in [2.24, 2.45) is 11.7 Å². The minimum Gasteiger partial charge on any atom is -0.433 e. The minimum atomic E-state index is -2.96. The molecule has 4 N–H and O–H groups in total. The standard InChI is InChI=1S/C16H21F2N3O3/c1-10(21-8-6-11(7-9-21)14(19)22)15(23)20-12-4-2-3-5-13(12)24-16(17)18/h2-5,10-11,16H,6-9H2,1H3,(H2,19,22)(H,20,23)/p+1/t10-/m0/s1. The molecule has 0 aliphatic carbocycles. The molecule has 1 aliphatic heterocycles. The van der Waals surface area contributed by atoms with Crippen LogP contribution >= 0.6 is 0 Å². The van der Waals surface area contributed by atoms with Crippen LogP contribution in [0.3, 0.4) is 0 Å². The van der Waals surface area contributed by atoms with Gasteiger partial charge < -0.3 is 20.7 Å². The summed E-state index contributed by atoms with van der Waals surface area (Å²) in [5.74, 6) is -0.795. The zero-order valence-electron chi connectivity index (χ0n) is 13.4. The van der Waals surface area contributed by atoms with E-state index in [9.17, 15) is 18.4 Å². The average molecular weight is 342 g/mol. The van der Waals surface area contributed by atoms with Crippen LogP contribution in [0.4, 0.5) is 14.5 Å². The summed E-state index contributed by atoms with van der Waals surface area (Å²) in [6.45, 7) is 0.138. The van der Waals surface area contributed by atoms with Gasteiger partial charge in [0.25, 0.3) is 5.91 Å². The number of halogens is 2. The smallest absolute Gasteiger partial charge is 0.387 e. The normalized spacial score (nSPS) is 22.0. The fourth-order valence-corrected chi connectivity index (χ4v) is 2.90. The van der Waals surface area contributed by atoms with Gasteiger partial charge in [0.15, 0.2) is 6.04 Å². The second kappa shape index (κ2) is 8.05. The Morgan fingerprint density at radius 3 is 2.50 bits per heavy atom. The number of primary amides is 1. The number of rotatable bonds is 6. The van der Waals surface area contributed by atoms with E-state index >= 15 is 0 Å². The van der Waals surface area contributed by atoms with Gasteiger partial charge in [-0.2, -0.15) is 8.78 Å². The Kier molecular flexibility index (Phi) is 6.08. The number of quaternary nitrogens is 1. The zero-order valence-corrected chi connectivity index (χ0v) is 13.4. The molecule has 0 radical (unpaired) electrons. The molecule has 24 heavy (non-hydrogen) atoms. The van der Waals surface area contributed by atoms with Crippen LogP contribution in [0, 0.1) is 5.92 Å². The molecule has 2 rings (SSSR count). The molecule has 2 amide bonds. The first-order chi connectivity index (χ1) is 11.4. The molecule has 0 bridgehead atoms. The lowest BCUT2D eigenvalue weighted by molar-refractivity contribution is -0.919. The summed E-state index contributed by atoms with van der Waals surface area (Å²) < 4.78 is 29.2. The molecule has 132 valence electrons. The van der Waals surface area contributed by atoms with Crippen molar-refractivity contribution in [2.45, 2.75) is 32.4 Å². The first kappa shape index (κ1) is 18.1. The number of amides is 2. The number of ether oxygens (including phenoxy) is 1. The fourth-order valence-electron chi connectivity index (χ4n) is 2.90. The van der Waals surface area contributed by atoms with Crippen molar-refractivity contribution >= 4 is 17.5 Å². The van der Waals surface area contributed by atoms with Gasteiger partial charge in [0.05, 0.1) is 18.8 Å². The Labute approximate surface area is 138 Å². The number of likely N-dealkylation sites (tertiary alicyclic amines) is 1. The summed E-state index contributed by atoms with van der Waals surface area (Å²) in [6.07, 6.45) is 1.29. The Balaban J connectivity index is 1.96. The third kappa shape index (κ3) is 4.64. The van der Waals surface area contributed by atoms with Crippen molar-refractivity contribution in [3.05, 3.63) is 24.3 Å². The van der Waals surface area contributed by atoms with E-state index in [0.717, 1.165) is 4.90 Å². The highest BCUT2D eigenvalue weighted by molar-refractivity contribution is 5.95. The lowest BCUT2D eigenvalue weighted by Gasteiger charge is -2.31. The number of anilines is 1. The predicted octanol–water partition coefficient (Wildman–Crippen LogP) is 0.395. The predicted molar refractivity (Wildman–Crippen MR) is 83.8 cm³/mol. The molecule has 0 spiro atoms. The largest absolute Gasteiger partial charge is 0.433 e. The third-order valence-corrected chi connectivity index (χ3v) is 4.40. The van der Waals surface area contributed by atoms with Gasteiger partial charge in [0.2, 0.25) is 5.91 Å². The number of nitrogens with one attached hydrogen (secondary N) is 2. The molecule has 0 unspecified atom stereocenters. The Hall–Kier alpha value is -2.22.